The fraction of sp³-hybridized carbons (Fsp3) is 0.583. The number of hydrogen-bond acceptors (Lipinski definition) is 5. The summed E-state index contributed by atoms with van der Waals surface area (Å²) in [6, 6.07) is 1.70. The van der Waals surface area contributed by atoms with Crippen LogP contribution in [0.15, 0.2) is 12.3 Å². The van der Waals surface area contributed by atoms with Crippen molar-refractivity contribution in [3.63, 3.8) is 0 Å². The van der Waals surface area contributed by atoms with E-state index in [0.717, 1.165) is 13.1 Å². The number of carbonyl (C=O) groups excluding carboxylic acids is 1. The molecule has 1 aromatic heterocycles. The summed E-state index contributed by atoms with van der Waals surface area (Å²) in [6.07, 6.45) is 1.58. The van der Waals surface area contributed by atoms with Gasteiger partial charge in [0.15, 0.2) is 0 Å². The highest BCUT2D eigenvalue weighted by Crippen LogP contribution is 2.00. The lowest BCUT2D eigenvalue weighted by Gasteiger charge is -2.11. The van der Waals surface area contributed by atoms with E-state index in [1.165, 1.54) is 0 Å². The van der Waals surface area contributed by atoms with Crippen LogP contribution in [0.4, 0.5) is 5.95 Å². The molecule has 1 aromatic rings. The molecule has 0 saturated heterocycles. The van der Waals surface area contributed by atoms with Crippen molar-refractivity contribution in [2.24, 2.45) is 0 Å². The van der Waals surface area contributed by atoms with E-state index in [-0.39, 0.29) is 11.9 Å². The first-order valence-corrected chi connectivity index (χ1v) is 6.01. The zero-order chi connectivity index (χ0) is 13.5. The number of nitrogens with zero attached hydrogens (tertiary/aromatic N) is 3. The Bertz CT molecular complexity index is 392. The van der Waals surface area contributed by atoms with E-state index in [4.69, 9.17) is 0 Å². The predicted molar refractivity (Wildman–Crippen MR) is 71.7 cm³/mol. The molecule has 0 fully saturated rings. The first-order chi connectivity index (χ1) is 8.49. The van der Waals surface area contributed by atoms with Crippen LogP contribution in [0, 0.1) is 0 Å². The maximum atomic E-state index is 11.8. The molecule has 0 bridgehead atoms. The summed E-state index contributed by atoms with van der Waals surface area (Å²) in [7, 11) is 3.99. The van der Waals surface area contributed by atoms with Gasteiger partial charge in [-0.15, -0.1) is 0 Å². The van der Waals surface area contributed by atoms with Crippen LogP contribution in [0.3, 0.4) is 0 Å². The summed E-state index contributed by atoms with van der Waals surface area (Å²) in [6.45, 7) is 5.44. The van der Waals surface area contributed by atoms with E-state index < -0.39 is 0 Å². The minimum atomic E-state index is -0.178. The van der Waals surface area contributed by atoms with Gasteiger partial charge in [-0.1, -0.05) is 0 Å². The summed E-state index contributed by atoms with van der Waals surface area (Å²) in [5, 5.41) is 5.88. The van der Waals surface area contributed by atoms with Gasteiger partial charge < -0.3 is 15.5 Å². The lowest BCUT2D eigenvalue weighted by molar-refractivity contribution is 0.0938. The van der Waals surface area contributed by atoms with Crippen LogP contribution < -0.4 is 10.6 Å². The third-order valence-electron chi connectivity index (χ3n) is 2.15. The first kappa shape index (κ1) is 14.4. The average Bonchev–Trinajstić information content (AvgIpc) is 2.28. The molecule has 0 atom stereocenters. The van der Waals surface area contributed by atoms with Crippen molar-refractivity contribution in [1.82, 2.24) is 20.2 Å². The number of carbonyl (C=O) groups is 1. The second kappa shape index (κ2) is 6.90. The molecule has 0 unspecified atom stereocenters. The van der Waals surface area contributed by atoms with Crippen molar-refractivity contribution in [2.45, 2.75) is 19.9 Å². The molecule has 6 heteroatoms. The van der Waals surface area contributed by atoms with E-state index in [9.17, 15) is 4.79 Å². The Morgan fingerprint density at radius 1 is 1.44 bits per heavy atom. The topological polar surface area (TPSA) is 70.2 Å². The number of aromatic nitrogens is 2. The van der Waals surface area contributed by atoms with Crippen molar-refractivity contribution in [3.05, 3.63) is 18.0 Å². The summed E-state index contributed by atoms with van der Waals surface area (Å²) in [4.78, 5) is 22.1. The molecule has 6 nitrogen and oxygen atoms in total. The van der Waals surface area contributed by atoms with Crippen molar-refractivity contribution in [2.75, 3.05) is 32.5 Å². The maximum Gasteiger partial charge on any atom is 0.270 e. The van der Waals surface area contributed by atoms with Gasteiger partial charge in [-0.2, -0.15) is 0 Å². The van der Waals surface area contributed by atoms with Crippen LogP contribution in [0.1, 0.15) is 24.3 Å². The minimum Gasteiger partial charge on any atom is -0.353 e. The summed E-state index contributed by atoms with van der Waals surface area (Å²) in [5.41, 5.74) is 0.381. The van der Waals surface area contributed by atoms with Gasteiger partial charge >= 0.3 is 0 Å². The lowest BCUT2D eigenvalue weighted by Crippen LogP contribution is -2.31. The molecule has 2 N–H and O–H groups in total. The van der Waals surface area contributed by atoms with Crippen LogP contribution >= 0.6 is 0 Å². The SMILES string of the molecule is CC(C)NC(=O)c1ccnc(NCCN(C)C)n1. The molecule has 100 valence electrons. The zero-order valence-electron chi connectivity index (χ0n) is 11.4. The third kappa shape index (κ3) is 5.09. The Morgan fingerprint density at radius 3 is 2.78 bits per heavy atom. The van der Waals surface area contributed by atoms with Crippen LogP contribution in [0.25, 0.3) is 0 Å². The van der Waals surface area contributed by atoms with E-state index in [2.05, 4.69) is 25.5 Å². The lowest BCUT2D eigenvalue weighted by atomic mass is 10.3. The van der Waals surface area contributed by atoms with Gasteiger partial charge in [-0.25, -0.2) is 9.97 Å². The van der Waals surface area contributed by atoms with E-state index in [1.54, 1.807) is 12.3 Å². The molecule has 0 aliphatic heterocycles. The summed E-state index contributed by atoms with van der Waals surface area (Å²) in [5.74, 6) is 0.302. The fourth-order valence-electron chi connectivity index (χ4n) is 1.30. The van der Waals surface area contributed by atoms with Crippen molar-refractivity contribution in [1.29, 1.82) is 0 Å². The van der Waals surface area contributed by atoms with Crippen LogP contribution in [0.5, 0.6) is 0 Å². The second-order valence-electron chi connectivity index (χ2n) is 4.62. The Hall–Kier alpha value is -1.69. The Labute approximate surface area is 108 Å². The number of amides is 1. The number of hydrogen-bond donors (Lipinski definition) is 2. The zero-order valence-corrected chi connectivity index (χ0v) is 11.4. The van der Waals surface area contributed by atoms with Crippen molar-refractivity contribution in [3.8, 4) is 0 Å². The van der Waals surface area contributed by atoms with Crippen LogP contribution in [0.2, 0.25) is 0 Å². The first-order valence-electron chi connectivity index (χ1n) is 6.01. The highest BCUT2D eigenvalue weighted by molar-refractivity contribution is 5.92. The van der Waals surface area contributed by atoms with Gasteiger partial charge in [0.25, 0.3) is 5.91 Å². The van der Waals surface area contributed by atoms with Gasteiger partial charge in [0.1, 0.15) is 5.69 Å². The average molecular weight is 251 g/mol. The third-order valence-corrected chi connectivity index (χ3v) is 2.15. The molecule has 0 saturated carbocycles. The van der Waals surface area contributed by atoms with Crippen molar-refractivity contribution >= 4 is 11.9 Å². The Morgan fingerprint density at radius 2 is 2.17 bits per heavy atom. The highest BCUT2D eigenvalue weighted by atomic mass is 16.1. The highest BCUT2D eigenvalue weighted by Gasteiger charge is 2.09. The van der Waals surface area contributed by atoms with Gasteiger partial charge in [0, 0.05) is 25.3 Å². The quantitative estimate of drug-likeness (QED) is 0.774. The van der Waals surface area contributed by atoms with E-state index in [0.29, 0.717) is 11.6 Å². The number of anilines is 1. The second-order valence-corrected chi connectivity index (χ2v) is 4.62. The molecule has 0 radical (unpaired) electrons. The van der Waals surface area contributed by atoms with Gasteiger partial charge in [-0.3, -0.25) is 4.79 Å². The minimum absolute atomic E-state index is 0.0950. The van der Waals surface area contributed by atoms with Crippen LogP contribution in [-0.4, -0.2) is 54.0 Å². The van der Waals surface area contributed by atoms with Crippen molar-refractivity contribution < 1.29 is 4.79 Å². The predicted octanol–water partition coefficient (Wildman–Crippen LogP) is 0.588. The number of likely N-dealkylation sites (N-methyl/N-ethyl adjacent to an activating group) is 1. The van der Waals surface area contributed by atoms with E-state index in [1.807, 2.05) is 27.9 Å². The summed E-state index contributed by atoms with van der Waals surface area (Å²) < 4.78 is 0. The maximum absolute atomic E-state index is 11.8. The summed E-state index contributed by atoms with van der Waals surface area (Å²) >= 11 is 0. The molecule has 0 spiro atoms. The normalized spacial score (nSPS) is 10.8. The largest absolute Gasteiger partial charge is 0.353 e. The molecular formula is C12H21N5O. The monoisotopic (exact) mass is 251 g/mol. The standard InChI is InChI=1S/C12H21N5O/c1-9(2)15-11(18)10-5-6-13-12(16-10)14-7-8-17(3)4/h5-6,9H,7-8H2,1-4H3,(H,15,18)(H,13,14,16). The molecule has 1 amide bonds. The van der Waals surface area contributed by atoms with Gasteiger partial charge in [-0.05, 0) is 34.0 Å². The Balaban J connectivity index is 2.59. The van der Waals surface area contributed by atoms with Gasteiger partial charge in [0.05, 0.1) is 0 Å². The number of rotatable bonds is 6. The molecule has 0 aliphatic rings. The molecule has 1 rings (SSSR count). The number of nitrogens with one attached hydrogen (secondary N) is 2. The fourth-order valence-corrected chi connectivity index (χ4v) is 1.30. The van der Waals surface area contributed by atoms with Crippen LogP contribution in [-0.2, 0) is 0 Å². The smallest absolute Gasteiger partial charge is 0.270 e. The Kier molecular flexibility index (Phi) is 5.51. The molecule has 1 heterocycles. The van der Waals surface area contributed by atoms with Gasteiger partial charge in [0.2, 0.25) is 5.95 Å². The molecule has 0 aliphatic carbocycles. The molecular weight excluding hydrogens is 230 g/mol. The van der Waals surface area contributed by atoms with E-state index >= 15 is 0 Å². The molecule has 0 aromatic carbocycles. The molecule has 18 heavy (non-hydrogen) atoms.